The van der Waals surface area contributed by atoms with Crippen molar-refractivity contribution in [3.05, 3.63) is 34.3 Å². The van der Waals surface area contributed by atoms with E-state index in [9.17, 15) is 0 Å². The summed E-state index contributed by atoms with van der Waals surface area (Å²) in [7, 11) is 2.10. The highest BCUT2D eigenvalue weighted by Gasteiger charge is 2.21. The van der Waals surface area contributed by atoms with Gasteiger partial charge in [-0.3, -0.25) is 4.90 Å². The minimum Gasteiger partial charge on any atom is -0.296 e. The first-order valence-corrected chi connectivity index (χ1v) is 6.30. The van der Waals surface area contributed by atoms with Crippen LogP contribution in [0.1, 0.15) is 19.4 Å². The summed E-state index contributed by atoms with van der Waals surface area (Å²) >= 11 is 9.41. The van der Waals surface area contributed by atoms with Gasteiger partial charge in [0.25, 0.3) is 0 Å². The minimum atomic E-state index is 0.0316. The molecule has 1 rings (SSSR count). The van der Waals surface area contributed by atoms with Gasteiger partial charge < -0.3 is 0 Å². The van der Waals surface area contributed by atoms with Crippen molar-refractivity contribution in [1.82, 2.24) is 4.90 Å². The van der Waals surface area contributed by atoms with Crippen molar-refractivity contribution in [3.63, 3.8) is 0 Å². The molecule has 0 aromatic heterocycles. The molecule has 84 valence electrons. The highest BCUT2D eigenvalue weighted by Crippen LogP contribution is 2.19. The first kappa shape index (κ1) is 13.0. The van der Waals surface area contributed by atoms with E-state index in [1.54, 1.807) is 0 Å². The van der Waals surface area contributed by atoms with Crippen molar-refractivity contribution in [2.24, 2.45) is 0 Å². The molecule has 15 heavy (non-hydrogen) atoms. The number of benzene rings is 1. The second-order valence-electron chi connectivity index (χ2n) is 4.43. The summed E-state index contributed by atoms with van der Waals surface area (Å²) in [6.07, 6.45) is 0. The quantitative estimate of drug-likeness (QED) is 0.760. The van der Waals surface area contributed by atoms with Crippen molar-refractivity contribution < 1.29 is 0 Å². The van der Waals surface area contributed by atoms with Crippen LogP contribution in [0.15, 0.2) is 28.7 Å². The van der Waals surface area contributed by atoms with Crippen molar-refractivity contribution >= 4 is 27.5 Å². The van der Waals surface area contributed by atoms with Gasteiger partial charge in [0.1, 0.15) is 0 Å². The van der Waals surface area contributed by atoms with Gasteiger partial charge in [-0.25, -0.2) is 0 Å². The van der Waals surface area contributed by atoms with Crippen LogP contribution < -0.4 is 0 Å². The van der Waals surface area contributed by atoms with Gasteiger partial charge in [0.05, 0.1) is 0 Å². The number of hydrogen-bond donors (Lipinski definition) is 0. The molecule has 0 amide bonds. The fourth-order valence-electron chi connectivity index (χ4n) is 1.23. The van der Waals surface area contributed by atoms with Gasteiger partial charge in [-0.15, -0.1) is 11.6 Å². The van der Waals surface area contributed by atoms with E-state index in [4.69, 9.17) is 11.6 Å². The monoisotopic (exact) mass is 289 g/mol. The van der Waals surface area contributed by atoms with Gasteiger partial charge in [-0.2, -0.15) is 0 Å². The molecule has 0 saturated carbocycles. The van der Waals surface area contributed by atoms with E-state index in [1.165, 1.54) is 5.56 Å². The smallest absolute Gasteiger partial charge is 0.0402 e. The highest BCUT2D eigenvalue weighted by atomic mass is 79.9. The molecule has 1 nitrogen and oxygen atoms in total. The summed E-state index contributed by atoms with van der Waals surface area (Å²) in [5.74, 6) is 0.636. The van der Waals surface area contributed by atoms with E-state index in [1.807, 2.05) is 6.07 Å². The molecule has 0 spiro atoms. The Morgan fingerprint density at radius 2 is 2.07 bits per heavy atom. The Morgan fingerprint density at radius 3 is 2.60 bits per heavy atom. The zero-order chi connectivity index (χ0) is 11.5. The summed E-state index contributed by atoms with van der Waals surface area (Å²) in [5, 5.41) is 0. The average Bonchev–Trinajstić information content (AvgIpc) is 2.17. The Bertz CT molecular complexity index is 325. The SMILES string of the molecule is CN(Cc1cccc(Br)c1)C(C)(C)CCl. The summed E-state index contributed by atoms with van der Waals surface area (Å²) in [4.78, 5) is 2.27. The Kier molecular flexibility index (Phi) is 4.63. The van der Waals surface area contributed by atoms with Crippen molar-refractivity contribution in [2.75, 3.05) is 12.9 Å². The molecule has 0 radical (unpaired) electrons. The van der Waals surface area contributed by atoms with E-state index in [0.717, 1.165) is 11.0 Å². The van der Waals surface area contributed by atoms with Crippen LogP contribution in [-0.4, -0.2) is 23.4 Å². The molecule has 0 unspecified atom stereocenters. The maximum Gasteiger partial charge on any atom is 0.0402 e. The molecule has 1 aromatic carbocycles. The van der Waals surface area contributed by atoms with Gasteiger partial charge >= 0.3 is 0 Å². The Morgan fingerprint density at radius 1 is 1.40 bits per heavy atom. The van der Waals surface area contributed by atoms with Crippen molar-refractivity contribution in [2.45, 2.75) is 25.9 Å². The second-order valence-corrected chi connectivity index (χ2v) is 5.61. The Hall–Kier alpha value is -0.0500. The summed E-state index contributed by atoms with van der Waals surface area (Å²) in [6, 6.07) is 8.36. The zero-order valence-electron chi connectivity index (χ0n) is 9.43. The maximum atomic E-state index is 5.93. The summed E-state index contributed by atoms with van der Waals surface area (Å²) < 4.78 is 1.12. The average molecular weight is 291 g/mol. The van der Waals surface area contributed by atoms with Crippen LogP contribution in [0.3, 0.4) is 0 Å². The minimum absolute atomic E-state index is 0.0316. The highest BCUT2D eigenvalue weighted by molar-refractivity contribution is 9.10. The molecule has 0 aliphatic heterocycles. The first-order valence-electron chi connectivity index (χ1n) is 4.97. The number of rotatable bonds is 4. The molecule has 1 aromatic rings. The van der Waals surface area contributed by atoms with Gasteiger partial charge in [0.2, 0.25) is 0 Å². The summed E-state index contributed by atoms with van der Waals surface area (Å²) in [6.45, 7) is 5.22. The van der Waals surface area contributed by atoms with Crippen LogP contribution in [0.2, 0.25) is 0 Å². The van der Waals surface area contributed by atoms with E-state index < -0.39 is 0 Å². The third-order valence-corrected chi connectivity index (χ3v) is 3.82. The molecule has 0 saturated heterocycles. The predicted octanol–water partition coefficient (Wildman–Crippen LogP) is 3.90. The number of hydrogen-bond acceptors (Lipinski definition) is 1. The lowest BCUT2D eigenvalue weighted by Crippen LogP contribution is -2.42. The third-order valence-electron chi connectivity index (χ3n) is 2.67. The van der Waals surface area contributed by atoms with Gasteiger partial charge in [-0.1, -0.05) is 28.1 Å². The van der Waals surface area contributed by atoms with Crippen LogP contribution >= 0.6 is 27.5 Å². The largest absolute Gasteiger partial charge is 0.296 e. The van der Waals surface area contributed by atoms with Crippen LogP contribution in [0.5, 0.6) is 0 Å². The van der Waals surface area contributed by atoms with Gasteiger partial charge in [0, 0.05) is 22.4 Å². The molecule has 0 aliphatic carbocycles. The number of alkyl halides is 1. The first-order chi connectivity index (χ1) is 6.95. The molecular weight excluding hydrogens is 273 g/mol. The fourth-order valence-corrected chi connectivity index (χ4v) is 1.88. The molecule has 0 bridgehead atoms. The van der Waals surface area contributed by atoms with Gasteiger partial charge in [-0.05, 0) is 38.6 Å². The van der Waals surface area contributed by atoms with Gasteiger partial charge in [0.15, 0.2) is 0 Å². The molecule has 0 heterocycles. The fraction of sp³-hybridized carbons (Fsp3) is 0.500. The molecular formula is C12H17BrClN. The van der Waals surface area contributed by atoms with Crippen LogP contribution in [0.25, 0.3) is 0 Å². The summed E-state index contributed by atoms with van der Waals surface area (Å²) in [5.41, 5.74) is 1.33. The zero-order valence-corrected chi connectivity index (χ0v) is 11.8. The van der Waals surface area contributed by atoms with Crippen LogP contribution in [-0.2, 0) is 6.54 Å². The van der Waals surface area contributed by atoms with Crippen molar-refractivity contribution in [3.8, 4) is 0 Å². The van der Waals surface area contributed by atoms with Crippen molar-refractivity contribution in [1.29, 1.82) is 0 Å². The normalized spacial score (nSPS) is 12.1. The van der Waals surface area contributed by atoms with Crippen LogP contribution in [0, 0.1) is 0 Å². The van der Waals surface area contributed by atoms with E-state index in [-0.39, 0.29) is 5.54 Å². The topological polar surface area (TPSA) is 3.24 Å². The number of nitrogens with zero attached hydrogens (tertiary/aromatic N) is 1. The Labute approximate surface area is 106 Å². The second kappa shape index (κ2) is 5.33. The van der Waals surface area contributed by atoms with E-state index in [0.29, 0.717) is 5.88 Å². The Balaban J connectivity index is 2.70. The standard InChI is InChI=1S/C12H17BrClN/c1-12(2,9-14)15(3)8-10-5-4-6-11(13)7-10/h4-7H,8-9H2,1-3H3. The lowest BCUT2D eigenvalue weighted by molar-refractivity contribution is 0.171. The molecule has 3 heteroatoms. The third kappa shape index (κ3) is 3.78. The van der Waals surface area contributed by atoms with E-state index >= 15 is 0 Å². The molecule has 0 atom stereocenters. The molecule has 0 fully saturated rings. The van der Waals surface area contributed by atoms with E-state index in [2.05, 4.69) is 59.9 Å². The predicted molar refractivity (Wildman–Crippen MR) is 70.4 cm³/mol. The number of halogens is 2. The lowest BCUT2D eigenvalue weighted by Gasteiger charge is -2.33. The van der Waals surface area contributed by atoms with Crippen LogP contribution in [0.4, 0.5) is 0 Å². The maximum absolute atomic E-state index is 5.93. The lowest BCUT2D eigenvalue weighted by atomic mass is 10.1. The molecule has 0 N–H and O–H groups in total. The molecule has 0 aliphatic rings.